The third-order valence-electron chi connectivity index (χ3n) is 6.34. The number of benzene rings is 2. The van der Waals surface area contributed by atoms with Gasteiger partial charge in [-0.1, -0.05) is 36.4 Å². The second-order valence-corrected chi connectivity index (χ2v) is 8.21. The van der Waals surface area contributed by atoms with Gasteiger partial charge in [-0.05, 0) is 17.7 Å². The minimum absolute atomic E-state index is 0. The zero-order chi connectivity index (χ0) is 22.6. The number of rotatable bonds is 8. The molecule has 176 valence electrons. The van der Waals surface area contributed by atoms with Crippen LogP contribution in [0.5, 0.6) is 5.75 Å². The molecule has 33 heavy (non-hydrogen) atoms. The number of fused-ring (bicyclic) bond motifs is 1. The van der Waals surface area contributed by atoms with Crippen LogP contribution in [0, 0.1) is 0 Å². The molecule has 1 N–H and O–H groups in total. The molecule has 2 aromatic carbocycles. The van der Waals surface area contributed by atoms with Crippen molar-refractivity contribution in [3.8, 4) is 5.75 Å². The number of morpholine rings is 1. The van der Waals surface area contributed by atoms with E-state index in [4.69, 9.17) is 14.2 Å². The zero-order valence-electron chi connectivity index (χ0n) is 18.6. The maximum atomic E-state index is 13.5. The molecule has 7 nitrogen and oxygen atoms in total. The number of ketones is 2. The van der Waals surface area contributed by atoms with E-state index in [1.165, 1.54) is 4.90 Å². The summed E-state index contributed by atoms with van der Waals surface area (Å²) in [7, 11) is 1.55. The molecule has 1 saturated heterocycles. The lowest BCUT2D eigenvalue weighted by molar-refractivity contribution is -0.908. The van der Waals surface area contributed by atoms with Gasteiger partial charge < -0.3 is 31.5 Å². The van der Waals surface area contributed by atoms with Crippen LogP contribution in [0.25, 0.3) is 0 Å². The van der Waals surface area contributed by atoms with Crippen molar-refractivity contribution in [3.05, 3.63) is 65.2 Å². The molecule has 4 rings (SSSR count). The third kappa shape index (κ3) is 4.95. The maximum absolute atomic E-state index is 13.5. The van der Waals surface area contributed by atoms with Crippen molar-refractivity contribution in [1.29, 1.82) is 0 Å². The molecule has 8 heteroatoms. The summed E-state index contributed by atoms with van der Waals surface area (Å²) >= 11 is 0. The second kappa shape index (κ2) is 10.9. The predicted octanol–water partition coefficient (Wildman–Crippen LogP) is -1.75. The number of hydrogen-bond donors (Lipinski definition) is 1. The molecule has 0 amide bonds. The molecule has 1 heterocycles. The fourth-order valence-corrected chi connectivity index (χ4v) is 4.45. The van der Waals surface area contributed by atoms with Crippen LogP contribution in [0.3, 0.4) is 0 Å². The molecule has 1 aliphatic carbocycles. The highest BCUT2D eigenvalue weighted by atomic mass is 35.5. The quantitative estimate of drug-likeness (QED) is 0.362. The summed E-state index contributed by atoms with van der Waals surface area (Å²) in [6.07, 6.45) is 0.935. The Hall–Kier alpha value is -2.74. The average Bonchev–Trinajstić information content (AvgIpc) is 3.06. The van der Waals surface area contributed by atoms with Crippen LogP contribution in [0.4, 0.5) is 0 Å². The molecule has 0 spiro atoms. The SMILES string of the molecule is COc1ccc(C2(COC(=O)CCC[NH+]3CCOCC3)C(=O)c3ccccc3C2=O)cc1.[Cl-]. The molecular weight excluding hydrogens is 446 g/mol. The fraction of sp³-hybridized carbons (Fsp3) is 0.400. The van der Waals surface area contributed by atoms with E-state index in [2.05, 4.69) is 0 Å². The second-order valence-electron chi connectivity index (χ2n) is 8.21. The van der Waals surface area contributed by atoms with Crippen molar-refractivity contribution in [2.45, 2.75) is 18.3 Å². The van der Waals surface area contributed by atoms with Gasteiger partial charge >= 0.3 is 5.97 Å². The zero-order valence-corrected chi connectivity index (χ0v) is 19.4. The number of ether oxygens (including phenoxy) is 3. The number of carbonyl (C=O) groups excluding carboxylic acids is 3. The van der Waals surface area contributed by atoms with Crippen LogP contribution in [-0.4, -0.2) is 64.1 Å². The van der Waals surface area contributed by atoms with E-state index in [0.717, 1.165) is 32.8 Å². The van der Waals surface area contributed by atoms with Crippen molar-refractivity contribution in [2.75, 3.05) is 46.6 Å². The molecule has 0 atom stereocenters. The average molecular weight is 474 g/mol. The first kappa shape index (κ1) is 24.9. The number of carbonyl (C=O) groups is 3. The van der Waals surface area contributed by atoms with Gasteiger partial charge in [0.2, 0.25) is 0 Å². The first-order valence-corrected chi connectivity index (χ1v) is 11.0. The predicted molar refractivity (Wildman–Crippen MR) is 116 cm³/mol. The van der Waals surface area contributed by atoms with Crippen LogP contribution in [0.2, 0.25) is 0 Å². The molecular formula is C25H28ClNO6. The molecule has 0 saturated carbocycles. The van der Waals surface area contributed by atoms with Crippen molar-refractivity contribution < 1.29 is 45.9 Å². The summed E-state index contributed by atoms with van der Waals surface area (Å²) in [6, 6.07) is 13.5. The highest BCUT2D eigenvalue weighted by Gasteiger charge is 2.55. The molecule has 0 radical (unpaired) electrons. The Kier molecular flexibility index (Phi) is 8.24. The molecule has 2 aliphatic rings. The van der Waals surface area contributed by atoms with E-state index < -0.39 is 11.4 Å². The third-order valence-corrected chi connectivity index (χ3v) is 6.34. The molecule has 2 aromatic rings. The van der Waals surface area contributed by atoms with E-state index in [1.54, 1.807) is 55.6 Å². The van der Waals surface area contributed by atoms with Gasteiger partial charge in [0.1, 0.15) is 25.4 Å². The van der Waals surface area contributed by atoms with E-state index >= 15 is 0 Å². The summed E-state index contributed by atoms with van der Waals surface area (Å²) < 4.78 is 16.1. The summed E-state index contributed by atoms with van der Waals surface area (Å²) in [5, 5.41) is 0. The number of Topliss-reactive ketones (excluding diaryl/α,β-unsaturated/α-hetero) is 2. The molecule has 1 aliphatic heterocycles. The normalized spacial score (nSPS) is 17.2. The van der Waals surface area contributed by atoms with Crippen LogP contribution in [0.1, 0.15) is 39.1 Å². The summed E-state index contributed by atoms with van der Waals surface area (Å²) in [5.41, 5.74) is -0.350. The van der Waals surface area contributed by atoms with E-state index in [1.807, 2.05) is 0 Å². The van der Waals surface area contributed by atoms with Gasteiger partial charge in [0.05, 0.1) is 33.3 Å². The van der Waals surface area contributed by atoms with Gasteiger partial charge in [-0.15, -0.1) is 0 Å². The smallest absolute Gasteiger partial charge is 0.306 e. The maximum Gasteiger partial charge on any atom is 0.306 e. The van der Waals surface area contributed by atoms with Gasteiger partial charge in [0, 0.05) is 17.5 Å². The standard InChI is InChI=1S/C25H27NO6.ClH/c1-30-19-10-8-18(9-11-19)25(23(28)20-5-2-3-6-21(20)24(25)29)17-32-22(27)7-4-12-26-13-15-31-16-14-26;/h2-3,5-6,8-11H,4,7,12-17H2,1H3;1H. The van der Waals surface area contributed by atoms with E-state index in [9.17, 15) is 14.4 Å². The first-order chi connectivity index (χ1) is 15.6. The van der Waals surface area contributed by atoms with Gasteiger partial charge in [-0.3, -0.25) is 14.4 Å². The van der Waals surface area contributed by atoms with E-state index in [-0.39, 0.29) is 37.0 Å². The Balaban J connectivity index is 0.00000306. The van der Waals surface area contributed by atoms with E-state index in [0.29, 0.717) is 28.9 Å². The Bertz CT molecular complexity index is 965. The lowest BCUT2D eigenvalue weighted by atomic mass is 9.76. The van der Waals surface area contributed by atoms with Crippen LogP contribution in [-0.2, 0) is 19.7 Å². The van der Waals surface area contributed by atoms with Gasteiger partial charge in [0.25, 0.3) is 0 Å². The van der Waals surface area contributed by atoms with Gasteiger partial charge in [0.15, 0.2) is 17.0 Å². The van der Waals surface area contributed by atoms with Crippen molar-refractivity contribution in [2.24, 2.45) is 0 Å². The van der Waals surface area contributed by atoms with Crippen molar-refractivity contribution in [3.63, 3.8) is 0 Å². The number of nitrogens with one attached hydrogen (secondary N) is 1. The number of quaternary nitrogens is 1. The number of methoxy groups -OCH3 is 1. The van der Waals surface area contributed by atoms with Crippen LogP contribution < -0.4 is 22.0 Å². The minimum atomic E-state index is -1.57. The first-order valence-electron chi connectivity index (χ1n) is 11.0. The van der Waals surface area contributed by atoms with Gasteiger partial charge in [-0.2, -0.15) is 0 Å². The minimum Gasteiger partial charge on any atom is -1.00 e. The summed E-state index contributed by atoms with van der Waals surface area (Å²) in [6.45, 7) is 3.93. The Morgan fingerprint density at radius 3 is 2.18 bits per heavy atom. The number of esters is 1. The molecule has 0 bridgehead atoms. The van der Waals surface area contributed by atoms with Crippen molar-refractivity contribution in [1.82, 2.24) is 0 Å². The lowest BCUT2D eigenvalue weighted by Gasteiger charge is -2.26. The summed E-state index contributed by atoms with van der Waals surface area (Å²) in [4.78, 5) is 40.8. The fourth-order valence-electron chi connectivity index (χ4n) is 4.45. The van der Waals surface area contributed by atoms with Crippen LogP contribution >= 0.6 is 0 Å². The Morgan fingerprint density at radius 1 is 1.00 bits per heavy atom. The summed E-state index contributed by atoms with van der Waals surface area (Å²) in [5.74, 6) is -0.466. The van der Waals surface area contributed by atoms with Crippen LogP contribution in [0.15, 0.2) is 48.5 Å². The lowest BCUT2D eigenvalue weighted by Crippen LogP contribution is -3.14. The number of hydrogen-bond acceptors (Lipinski definition) is 6. The van der Waals surface area contributed by atoms with Crippen molar-refractivity contribution >= 4 is 17.5 Å². The topological polar surface area (TPSA) is 83.3 Å². The van der Waals surface area contributed by atoms with Gasteiger partial charge in [-0.25, -0.2) is 0 Å². The Labute approximate surface area is 199 Å². The number of halogens is 1. The largest absolute Gasteiger partial charge is 1.00 e. The highest BCUT2D eigenvalue weighted by molar-refractivity contribution is 6.33. The highest BCUT2D eigenvalue weighted by Crippen LogP contribution is 2.40. The molecule has 0 aromatic heterocycles. The Morgan fingerprint density at radius 2 is 1.61 bits per heavy atom. The molecule has 0 unspecified atom stereocenters. The molecule has 1 fully saturated rings. The monoisotopic (exact) mass is 473 g/mol.